The van der Waals surface area contributed by atoms with E-state index in [0.29, 0.717) is 18.8 Å². The number of nitrogens with zero attached hydrogens (tertiary/aromatic N) is 2. The summed E-state index contributed by atoms with van der Waals surface area (Å²) < 4.78 is 5.47. The van der Waals surface area contributed by atoms with Gasteiger partial charge in [0.25, 0.3) is 5.91 Å². The van der Waals surface area contributed by atoms with Crippen molar-refractivity contribution in [2.24, 2.45) is 0 Å². The van der Waals surface area contributed by atoms with Crippen LogP contribution in [0.4, 0.5) is 0 Å². The summed E-state index contributed by atoms with van der Waals surface area (Å²) in [5.41, 5.74) is 2.36. The highest BCUT2D eigenvalue weighted by Gasteiger charge is 2.30. The van der Waals surface area contributed by atoms with Crippen LogP contribution in [0.3, 0.4) is 0 Å². The Labute approximate surface area is 160 Å². The number of hydrogen-bond acceptors (Lipinski definition) is 4. The van der Waals surface area contributed by atoms with Crippen molar-refractivity contribution >= 4 is 30.7 Å². The number of ether oxygens (including phenoxy) is 1. The Bertz CT molecular complexity index is 712. The minimum Gasteiger partial charge on any atom is -0.496 e. The molecule has 2 heterocycles. The number of piperazine rings is 1. The van der Waals surface area contributed by atoms with E-state index in [-0.39, 0.29) is 36.8 Å². The molecule has 1 aliphatic rings. The van der Waals surface area contributed by atoms with E-state index in [9.17, 15) is 4.79 Å². The van der Waals surface area contributed by atoms with Crippen molar-refractivity contribution in [2.75, 3.05) is 26.7 Å². The Hall–Kier alpha value is -1.82. The lowest BCUT2D eigenvalue weighted by molar-refractivity contribution is 0.0625. The molecule has 0 aliphatic carbocycles. The van der Waals surface area contributed by atoms with Crippen LogP contribution in [0.5, 0.6) is 5.75 Å². The number of aromatic nitrogens is 1. The highest BCUT2D eigenvalue weighted by molar-refractivity contribution is 5.92. The van der Waals surface area contributed by atoms with Crippen LogP contribution < -0.4 is 10.1 Å². The summed E-state index contributed by atoms with van der Waals surface area (Å²) >= 11 is 0. The molecule has 136 valence electrons. The topological polar surface area (TPSA) is 54.5 Å². The summed E-state index contributed by atoms with van der Waals surface area (Å²) in [7, 11) is 1.66. The molecule has 1 unspecified atom stereocenters. The van der Waals surface area contributed by atoms with Gasteiger partial charge in [0.15, 0.2) is 0 Å². The maximum Gasteiger partial charge on any atom is 0.273 e. The van der Waals surface area contributed by atoms with Crippen LogP contribution >= 0.6 is 24.8 Å². The van der Waals surface area contributed by atoms with Crippen LogP contribution in [0.2, 0.25) is 0 Å². The van der Waals surface area contributed by atoms with Gasteiger partial charge in [0.2, 0.25) is 0 Å². The molecule has 1 atom stereocenters. The second-order valence-corrected chi connectivity index (χ2v) is 5.62. The molecule has 1 saturated heterocycles. The molecule has 1 aromatic heterocycles. The van der Waals surface area contributed by atoms with E-state index < -0.39 is 0 Å². The van der Waals surface area contributed by atoms with Crippen LogP contribution in [0.25, 0.3) is 0 Å². The fraction of sp³-hybridized carbons (Fsp3) is 0.333. The van der Waals surface area contributed by atoms with E-state index in [2.05, 4.69) is 10.3 Å². The number of pyridine rings is 1. The largest absolute Gasteiger partial charge is 0.496 e. The van der Waals surface area contributed by atoms with Gasteiger partial charge in [0.05, 0.1) is 13.2 Å². The molecule has 1 fully saturated rings. The van der Waals surface area contributed by atoms with Crippen molar-refractivity contribution in [3.63, 3.8) is 0 Å². The van der Waals surface area contributed by atoms with Gasteiger partial charge in [-0.1, -0.05) is 24.3 Å². The molecular formula is C18H23Cl2N3O2. The fourth-order valence-corrected chi connectivity index (χ4v) is 2.98. The summed E-state index contributed by atoms with van der Waals surface area (Å²) in [6.07, 6.45) is 0. The predicted octanol–water partition coefficient (Wildman–Crippen LogP) is 3.03. The molecule has 0 spiro atoms. The van der Waals surface area contributed by atoms with E-state index in [4.69, 9.17) is 4.74 Å². The summed E-state index contributed by atoms with van der Waals surface area (Å²) in [4.78, 5) is 19.2. The Kier molecular flexibility index (Phi) is 8.16. The molecule has 1 amide bonds. The van der Waals surface area contributed by atoms with Crippen molar-refractivity contribution in [1.29, 1.82) is 0 Å². The first kappa shape index (κ1) is 21.2. The van der Waals surface area contributed by atoms with Crippen LogP contribution in [0, 0.1) is 6.92 Å². The predicted molar refractivity (Wildman–Crippen MR) is 103 cm³/mol. The Balaban J connectivity index is 0.00000156. The highest BCUT2D eigenvalue weighted by atomic mass is 35.5. The minimum absolute atomic E-state index is 0. The molecule has 0 saturated carbocycles. The normalized spacial score (nSPS) is 16.4. The Morgan fingerprint density at radius 3 is 2.68 bits per heavy atom. The number of rotatable bonds is 3. The lowest BCUT2D eigenvalue weighted by Gasteiger charge is -2.37. The third-order valence-electron chi connectivity index (χ3n) is 4.11. The third kappa shape index (κ3) is 4.63. The smallest absolute Gasteiger partial charge is 0.273 e. The molecule has 3 rings (SSSR count). The standard InChI is InChI=1S/C18H21N3O2.2ClH/c1-13-6-5-8-15(20-13)18(22)21-11-10-19-12-16(21)14-7-3-4-9-17(14)23-2;;/h3-9,16,19H,10-12H2,1-2H3;2*1H. The first-order chi connectivity index (χ1) is 11.2. The van der Waals surface area contributed by atoms with Gasteiger partial charge in [-0.25, -0.2) is 4.98 Å². The first-order valence-electron chi connectivity index (χ1n) is 7.79. The molecule has 0 radical (unpaired) electrons. The highest BCUT2D eigenvalue weighted by Crippen LogP contribution is 2.30. The average Bonchev–Trinajstić information content (AvgIpc) is 2.61. The van der Waals surface area contributed by atoms with Gasteiger partial charge in [0, 0.05) is 30.9 Å². The summed E-state index contributed by atoms with van der Waals surface area (Å²) in [5.74, 6) is 0.766. The second-order valence-electron chi connectivity index (χ2n) is 5.62. The van der Waals surface area contributed by atoms with E-state index in [1.165, 1.54) is 0 Å². The molecule has 0 bridgehead atoms. The SMILES string of the molecule is COc1ccccc1C1CNCCN1C(=O)c1cccc(C)n1.Cl.Cl. The van der Waals surface area contributed by atoms with E-state index in [1.54, 1.807) is 13.2 Å². The zero-order valence-corrected chi connectivity index (χ0v) is 15.9. The number of benzene rings is 1. The number of aryl methyl sites for hydroxylation is 1. The fourth-order valence-electron chi connectivity index (χ4n) is 2.98. The van der Waals surface area contributed by atoms with Gasteiger partial charge in [-0.15, -0.1) is 24.8 Å². The molecule has 25 heavy (non-hydrogen) atoms. The van der Waals surface area contributed by atoms with Gasteiger partial charge < -0.3 is 15.0 Å². The minimum atomic E-state index is -0.0605. The maximum absolute atomic E-state index is 12.9. The third-order valence-corrected chi connectivity index (χ3v) is 4.11. The molecular weight excluding hydrogens is 361 g/mol. The maximum atomic E-state index is 12.9. The van der Waals surface area contributed by atoms with Crippen molar-refractivity contribution in [1.82, 2.24) is 15.2 Å². The van der Waals surface area contributed by atoms with E-state index in [0.717, 1.165) is 23.6 Å². The number of para-hydroxylation sites is 1. The lowest BCUT2D eigenvalue weighted by atomic mass is 10.0. The van der Waals surface area contributed by atoms with Crippen molar-refractivity contribution in [3.05, 3.63) is 59.4 Å². The van der Waals surface area contributed by atoms with Crippen LogP contribution in [-0.4, -0.2) is 42.5 Å². The van der Waals surface area contributed by atoms with Crippen molar-refractivity contribution < 1.29 is 9.53 Å². The number of carbonyl (C=O) groups is 1. The van der Waals surface area contributed by atoms with Gasteiger partial charge in [-0.2, -0.15) is 0 Å². The van der Waals surface area contributed by atoms with Gasteiger partial charge in [0.1, 0.15) is 11.4 Å². The van der Waals surface area contributed by atoms with Crippen molar-refractivity contribution in [3.8, 4) is 5.75 Å². The molecule has 5 nitrogen and oxygen atoms in total. The van der Waals surface area contributed by atoms with Gasteiger partial charge in [-0.05, 0) is 25.1 Å². The number of methoxy groups -OCH3 is 1. The van der Waals surface area contributed by atoms with Gasteiger partial charge >= 0.3 is 0 Å². The van der Waals surface area contributed by atoms with Crippen molar-refractivity contribution in [2.45, 2.75) is 13.0 Å². The lowest BCUT2D eigenvalue weighted by Crippen LogP contribution is -2.49. The molecule has 1 N–H and O–H groups in total. The van der Waals surface area contributed by atoms with Gasteiger partial charge in [-0.3, -0.25) is 4.79 Å². The van der Waals surface area contributed by atoms with Crippen LogP contribution in [0.1, 0.15) is 27.8 Å². The molecule has 1 aromatic carbocycles. The zero-order valence-electron chi connectivity index (χ0n) is 14.3. The first-order valence-corrected chi connectivity index (χ1v) is 7.79. The van der Waals surface area contributed by atoms with Crippen LogP contribution in [-0.2, 0) is 0 Å². The van der Waals surface area contributed by atoms with E-state index in [1.807, 2.05) is 48.2 Å². The summed E-state index contributed by atoms with van der Waals surface area (Å²) in [6.45, 7) is 4.03. The molecule has 7 heteroatoms. The summed E-state index contributed by atoms with van der Waals surface area (Å²) in [6, 6.07) is 13.3. The number of hydrogen-bond donors (Lipinski definition) is 1. The van der Waals surface area contributed by atoms with Crippen LogP contribution in [0.15, 0.2) is 42.5 Å². The van der Waals surface area contributed by atoms with E-state index >= 15 is 0 Å². The Morgan fingerprint density at radius 2 is 1.96 bits per heavy atom. The zero-order chi connectivity index (χ0) is 16.2. The molecule has 1 aliphatic heterocycles. The average molecular weight is 384 g/mol. The second kappa shape index (κ2) is 9.61. The number of amides is 1. The monoisotopic (exact) mass is 383 g/mol. The number of carbonyl (C=O) groups excluding carboxylic acids is 1. The number of nitrogens with one attached hydrogen (secondary N) is 1. The quantitative estimate of drug-likeness (QED) is 0.884. The Morgan fingerprint density at radius 1 is 1.20 bits per heavy atom. The molecule has 2 aromatic rings. The summed E-state index contributed by atoms with van der Waals surface area (Å²) in [5, 5.41) is 3.36. The number of halogens is 2.